The summed E-state index contributed by atoms with van der Waals surface area (Å²) in [5.41, 5.74) is -0.119. The van der Waals surface area contributed by atoms with Crippen LogP contribution in [0.1, 0.15) is 64.2 Å². The molecule has 0 unspecified atom stereocenters. The zero-order valence-corrected chi connectivity index (χ0v) is 12.6. The van der Waals surface area contributed by atoms with Gasteiger partial charge in [0.25, 0.3) is 0 Å². The summed E-state index contributed by atoms with van der Waals surface area (Å²) in [5, 5.41) is 7.20. The molecule has 2 fully saturated rings. The fourth-order valence-electron chi connectivity index (χ4n) is 3.66. The van der Waals surface area contributed by atoms with Gasteiger partial charge in [0.15, 0.2) is 0 Å². The molecule has 2 nitrogen and oxygen atoms in total. The Morgan fingerprint density at radius 3 is 1.30 bits per heavy atom. The molecule has 20 heavy (non-hydrogen) atoms. The van der Waals surface area contributed by atoms with Gasteiger partial charge in [-0.3, -0.25) is 10.6 Å². The highest BCUT2D eigenvalue weighted by atomic mass is 15.0. The van der Waals surface area contributed by atoms with E-state index in [-0.39, 0.29) is 11.1 Å². The number of hydrogen-bond donors (Lipinski definition) is 2. The van der Waals surface area contributed by atoms with Gasteiger partial charge in [-0.1, -0.05) is 50.4 Å². The van der Waals surface area contributed by atoms with Gasteiger partial charge < -0.3 is 0 Å². The molecular weight excluding hydrogens is 244 g/mol. The molecule has 2 N–H and O–H groups in total. The van der Waals surface area contributed by atoms with Crippen LogP contribution in [0.2, 0.25) is 0 Å². The molecule has 0 aromatic heterocycles. The average molecular weight is 272 g/mol. The van der Waals surface area contributed by atoms with Crippen LogP contribution in [0.3, 0.4) is 0 Å². The van der Waals surface area contributed by atoms with E-state index in [0.29, 0.717) is 0 Å². The topological polar surface area (TPSA) is 24.1 Å². The lowest BCUT2D eigenvalue weighted by Crippen LogP contribution is -2.52. The Morgan fingerprint density at radius 2 is 1.00 bits per heavy atom. The smallest absolute Gasteiger partial charge is 0.0798 e. The minimum Gasteiger partial charge on any atom is -0.300 e. The van der Waals surface area contributed by atoms with Gasteiger partial charge in [-0.2, -0.15) is 0 Å². The molecule has 0 amide bonds. The van der Waals surface area contributed by atoms with Crippen LogP contribution in [0.25, 0.3) is 0 Å². The first kappa shape index (κ1) is 15.4. The lowest BCUT2D eigenvalue weighted by atomic mass is 9.82. The number of nitrogens with one attached hydrogen (secondary N) is 2. The van der Waals surface area contributed by atoms with E-state index in [1.165, 1.54) is 38.5 Å². The standard InChI is InChI=1S/C18H28N2/c1-3-17(11-7-5-8-12-17)19-15-16-20-18(4-2)13-9-6-10-14-18/h1-2,19-20H,5-16H2. The second-order valence-electron chi connectivity index (χ2n) is 6.43. The zero-order valence-electron chi connectivity index (χ0n) is 12.6. The lowest BCUT2D eigenvalue weighted by Gasteiger charge is -2.36. The predicted octanol–water partition coefficient (Wildman–Crippen LogP) is 2.84. The fourth-order valence-corrected chi connectivity index (χ4v) is 3.66. The minimum atomic E-state index is -0.0597. The molecule has 0 bridgehead atoms. The maximum absolute atomic E-state index is 5.75. The second kappa shape index (κ2) is 7.16. The van der Waals surface area contributed by atoms with E-state index in [9.17, 15) is 0 Å². The molecule has 0 heterocycles. The van der Waals surface area contributed by atoms with Crippen molar-refractivity contribution in [2.75, 3.05) is 13.1 Å². The summed E-state index contributed by atoms with van der Waals surface area (Å²) in [6.07, 6.45) is 23.6. The summed E-state index contributed by atoms with van der Waals surface area (Å²) >= 11 is 0. The molecule has 0 spiro atoms. The monoisotopic (exact) mass is 272 g/mol. The van der Waals surface area contributed by atoms with Gasteiger partial charge >= 0.3 is 0 Å². The molecule has 0 atom stereocenters. The summed E-state index contributed by atoms with van der Waals surface area (Å²) < 4.78 is 0. The van der Waals surface area contributed by atoms with Crippen molar-refractivity contribution in [2.45, 2.75) is 75.3 Å². The van der Waals surface area contributed by atoms with Crippen LogP contribution in [0.15, 0.2) is 0 Å². The molecule has 0 aliphatic heterocycles. The third-order valence-electron chi connectivity index (χ3n) is 5.02. The van der Waals surface area contributed by atoms with Crippen LogP contribution >= 0.6 is 0 Å². The highest BCUT2D eigenvalue weighted by Gasteiger charge is 2.31. The van der Waals surface area contributed by atoms with Crippen molar-refractivity contribution < 1.29 is 0 Å². The van der Waals surface area contributed by atoms with Crippen LogP contribution in [0, 0.1) is 24.7 Å². The van der Waals surface area contributed by atoms with E-state index >= 15 is 0 Å². The van der Waals surface area contributed by atoms with Crippen molar-refractivity contribution in [3.8, 4) is 24.7 Å². The third kappa shape index (κ3) is 3.78. The van der Waals surface area contributed by atoms with Crippen LogP contribution in [-0.2, 0) is 0 Å². The van der Waals surface area contributed by atoms with E-state index in [1.54, 1.807) is 0 Å². The predicted molar refractivity (Wildman–Crippen MR) is 85.3 cm³/mol. The molecule has 2 aliphatic rings. The maximum atomic E-state index is 5.75. The number of terminal acetylenes is 2. The Labute approximate surface area is 124 Å². The molecule has 2 saturated carbocycles. The SMILES string of the molecule is C#CC1(NCCNC2(C#C)CCCCC2)CCCCC1. The summed E-state index contributed by atoms with van der Waals surface area (Å²) in [6, 6.07) is 0. The van der Waals surface area contributed by atoms with Crippen LogP contribution in [-0.4, -0.2) is 24.2 Å². The van der Waals surface area contributed by atoms with Crippen molar-refractivity contribution in [1.29, 1.82) is 0 Å². The normalized spacial score (nSPS) is 24.5. The average Bonchev–Trinajstić information content (AvgIpc) is 2.53. The Morgan fingerprint density at radius 1 is 0.650 bits per heavy atom. The minimum absolute atomic E-state index is 0.0597. The maximum Gasteiger partial charge on any atom is 0.0798 e. The molecule has 2 rings (SSSR count). The summed E-state index contributed by atoms with van der Waals surface area (Å²) in [6.45, 7) is 1.82. The molecule has 0 aromatic carbocycles. The first-order valence-corrected chi connectivity index (χ1v) is 8.20. The first-order valence-electron chi connectivity index (χ1n) is 8.20. The van der Waals surface area contributed by atoms with Gasteiger partial charge in [-0.05, 0) is 25.7 Å². The van der Waals surface area contributed by atoms with Crippen molar-refractivity contribution in [1.82, 2.24) is 10.6 Å². The van der Waals surface area contributed by atoms with Crippen molar-refractivity contribution in [3.63, 3.8) is 0 Å². The first-order chi connectivity index (χ1) is 9.74. The van der Waals surface area contributed by atoms with Crippen LogP contribution < -0.4 is 10.6 Å². The van der Waals surface area contributed by atoms with Gasteiger partial charge in [0.05, 0.1) is 11.1 Å². The highest BCUT2D eigenvalue weighted by Crippen LogP contribution is 2.28. The van der Waals surface area contributed by atoms with Crippen molar-refractivity contribution in [2.24, 2.45) is 0 Å². The number of rotatable bonds is 5. The molecule has 2 heteroatoms. The Hall–Kier alpha value is -0.960. The van der Waals surface area contributed by atoms with Crippen molar-refractivity contribution in [3.05, 3.63) is 0 Å². The second-order valence-corrected chi connectivity index (χ2v) is 6.43. The van der Waals surface area contributed by atoms with E-state index in [0.717, 1.165) is 38.8 Å². The summed E-state index contributed by atoms with van der Waals surface area (Å²) in [4.78, 5) is 0. The quantitative estimate of drug-likeness (QED) is 0.594. The van der Waals surface area contributed by atoms with Crippen molar-refractivity contribution >= 4 is 0 Å². The van der Waals surface area contributed by atoms with E-state index < -0.39 is 0 Å². The molecule has 2 aliphatic carbocycles. The molecule has 0 saturated heterocycles. The lowest BCUT2D eigenvalue weighted by molar-refractivity contribution is 0.276. The fraction of sp³-hybridized carbons (Fsp3) is 0.778. The van der Waals surface area contributed by atoms with Gasteiger partial charge in [0.2, 0.25) is 0 Å². The molecule has 0 aromatic rings. The van der Waals surface area contributed by atoms with Crippen LogP contribution in [0.5, 0.6) is 0 Å². The van der Waals surface area contributed by atoms with Gasteiger partial charge in [-0.25, -0.2) is 0 Å². The van der Waals surface area contributed by atoms with E-state index in [2.05, 4.69) is 22.5 Å². The van der Waals surface area contributed by atoms with Gasteiger partial charge in [0, 0.05) is 13.1 Å². The number of hydrogen-bond acceptors (Lipinski definition) is 2. The summed E-state index contributed by atoms with van der Waals surface area (Å²) in [7, 11) is 0. The third-order valence-corrected chi connectivity index (χ3v) is 5.02. The Kier molecular flexibility index (Phi) is 5.53. The largest absolute Gasteiger partial charge is 0.300 e. The molecule has 0 radical (unpaired) electrons. The van der Waals surface area contributed by atoms with Crippen LogP contribution in [0.4, 0.5) is 0 Å². The molecule has 110 valence electrons. The van der Waals surface area contributed by atoms with Gasteiger partial charge in [0.1, 0.15) is 0 Å². The van der Waals surface area contributed by atoms with Gasteiger partial charge in [-0.15, -0.1) is 12.8 Å². The zero-order chi connectivity index (χ0) is 14.3. The Bertz CT molecular complexity index is 335. The Balaban J connectivity index is 1.75. The van der Waals surface area contributed by atoms with E-state index in [4.69, 9.17) is 12.8 Å². The summed E-state index contributed by atoms with van der Waals surface area (Å²) in [5.74, 6) is 6.00. The highest BCUT2D eigenvalue weighted by molar-refractivity contribution is 5.15. The molecular formula is C18H28N2. The van der Waals surface area contributed by atoms with E-state index in [1.807, 2.05) is 0 Å².